The normalized spacial score (nSPS) is 18.9. The first-order valence-electron chi connectivity index (χ1n) is 9.88. The summed E-state index contributed by atoms with van der Waals surface area (Å²) in [6, 6.07) is 2.75. The van der Waals surface area contributed by atoms with Gasteiger partial charge in [-0.3, -0.25) is 19.2 Å². The summed E-state index contributed by atoms with van der Waals surface area (Å²) >= 11 is 3.04. The van der Waals surface area contributed by atoms with Crippen molar-refractivity contribution in [1.82, 2.24) is 14.5 Å². The Morgan fingerprint density at radius 3 is 2.66 bits per heavy atom. The largest absolute Gasteiger partial charge is 0.328 e. The molecule has 1 unspecified atom stereocenters. The number of H-pyrrole nitrogens is 1. The molecule has 8 heteroatoms. The highest BCUT2D eigenvalue weighted by atomic mass is 79.9. The molecule has 158 valence electrons. The van der Waals surface area contributed by atoms with E-state index in [9.17, 15) is 18.4 Å². The maximum Gasteiger partial charge on any atom is 0.328 e. The molecule has 1 aromatic carbocycles. The van der Waals surface area contributed by atoms with Crippen LogP contribution in [-0.2, 0) is 0 Å². The van der Waals surface area contributed by atoms with Crippen molar-refractivity contribution in [3.05, 3.63) is 66.4 Å². The molecule has 2 heterocycles. The van der Waals surface area contributed by atoms with Crippen LogP contribution in [0.5, 0.6) is 0 Å². The molecular formula is C21H26BrF2N3O2. The molecule has 1 aliphatic rings. The Bertz CT molecular complexity index is 1000. The summed E-state index contributed by atoms with van der Waals surface area (Å²) in [6.45, 7) is 7.04. The zero-order valence-corrected chi connectivity index (χ0v) is 18.4. The minimum Gasteiger partial charge on any atom is -0.296 e. The molecule has 0 amide bonds. The Labute approximate surface area is 176 Å². The fourth-order valence-corrected chi connectivity index (χ4v) is 4.37. The molecule has 1 aliphatic heterocycles. The SMILES string of the molecule is Cc1cn([C@H]2CCCN(C(CC(C)C)c3ccc(Br)c(F)c3F)C2)c(=O)[nH]c1=O. The van der Waals surface area contributed by atoms with Gasteiger partial charge in [-0.05, 0) is 60.6 Å². The molecule has 3 rings (SSSR count). The molecule has 0 saturated carbocycles. The van der Waals surface area contributed by atoms with Crippen LogP contribution in [0.3, 0.4) is 0 Å². The Morgan fingerprint density at radius 2 is 1.97 bits per heavy atom. The summed E-state index contributed by atoms with van der Waals surface area (Å²) in [7, 11) is 0. The van der Waals surface area contributed by atoms with Crippen LogP contribution < -0.4 is 11.2 Å². The number of halogens is 3. The lowest BCUT2D eigenvalue weighted by atomic mass is 9.92. The quantitative estimate of drug-likeness (QED) is 0.663. The van der Waals surface area contributed by atoms with Crippen molar-refractivity contribution in [2.75, 3.05) is 13.1 Å². The lowest BCUT2D eigenvalue weighted by Crippen LogP contribution is -2.43. The number of likely N-dealkylation sites (tertiary alicyclic amines) is 1. The van der Waals surface area contributed by atoms with Crippen molar-refractivity contribution in [3.8, 4) is 0 Å². The molecule has 0 spiro atoms. The first-order chi connectivity index (χ1) is 13.7. The number of hydrogen-bond donors (Lipinski definition) is 1. The summed E-state index contributed by atoms with van der Waals surface area (Å²) in [5.74, 6) is -1.42. The van der Waals surface area contributed by atoms with Crippen molar-refractivity contribution in [2.45, 2.75) is 52.1 Å². The second kappa shape index (κ2) is 8.92. The molecule has 1 N–H and O–H groups in total. The van der Waals surface area contributed by atoms with Gasteiger partial charge in [-0.25, -0.2) is 13.6 Å². The molecule has 0 aliphatic carbocycles. The first kappa shape index (κ1) is 21.9. The van der Waals surface area contributed by atoms with Gasteiger partial charge >= 0.3 is 5.69 Å². The van der Waals surface area contributed by atoms with Gasteiger partial charge in [0.1, 0.15) is 0 Å². The Kier molecular flexibility index (Phi) is 6.73. The number of aryl methyl sites for hydroxylation is 1. The molecule has 1 aromatic heterocycles. The second-order valence-electron chi connectivity index (χ2n) is 8.18. The smallest absolute Gasteiger partial charge is 0.296 e. The number of nitrogens with zero attached hydrogens (tertiary/aromatic N) is 2. The zero-order valence-electron chi connectivity index (χ0n) is 16.8. The number of nitrogens with one attached hydrogen (secondary N) is 1. The summed E-state index contributed by atoms with van der Waals surface area (Å²) in [4.78, 5) is 28.5. The van der Waals surface area contributed by atoms with Crippen LogP contribution in [0, 0.1) is 24.5 Å². The molecule has 2 aromatic rings. The van der Waals surface area contributed by atoms with Crippen LogP contribution in [0.2, 0.25) is 0 Å². The minimum atomic E-state index is -0.878. The highest BCUT2D eigenvalue weighted by molar-refractivity contribution is 9.10. The van der Waals surface area contributed by atoms with Gasteiger partial charge in [-0.1, -0.05) is 19.9 Å². The average molecular weight is 470 g/mol. The van der Waals surface area contributed by atoms with Crippen molar-refractivity contribution >= 4 is 15.9 Å². The summed E-state index contributed by atoms with van der Waals surface area (Å²) < 4.78 is 30.7. The van der Waals surface area contributed by atoms with E-state index in [2.05, 4.69) is 39.7 Å². The summed E-state index contributed by atoms with van der Waals surface area (Å²) in [5.41, 5.74) is -0.00994. The molecule has 5 nitrogen and oxygen atoms in total. The van der Waals surface area contributed by atoms with Gasteiger partial charge in [-0.2, -0.15) is 0 Å². The molecule has 1 saturated heterocycles. The van der Waals surface area contributed by atoms with E-state index in [1.807, 2.05) is 0 Å². The number of aromatic amines is 1. The Hall–Kier alpha value is -1.80. The number of rotatable bonds is 5. The maximum absolute atomic E-state index is 14.8. The van der Waals surface area contributed by atoms with Crippen LogP contribution in [-0.4, -0.2) is 27.5 Å². The van der Waals surface area contributed by atoms with E-state index in [-0.39, 0.29) is 28.0 Å². The third kappa shape index (κ3) is 4.69. The molecule has 29 heavy (non-hydrogen) atoms. The molecular weight excluding hydrogens is 444 g/mol. The number of benzene rings is 1. The monoisotopic (exact) mass is 469 g/mol. The predicted octanol–water partition coefficient (Wildman–Crippen LogP) is 4.31. The van der Waals surface area contributed by atoms with Crippen LogP contribution in [0.4, 0.5) is 8.78 Å². The molecule has 0 radical (unpaired) electrons. The fraction of sp³-hybridized carbons (Fsp3) is 0.524. The zero-order chi connectivity index (χ0) is 21.3. The van der Waals surface area contributed by atoms with Gasteiger partial charge in [0.05, 0.1) is 10.5 Å². The Balaban J connectivity index is 1.95. The van der Waals surface area contributed by atoms with E-state index in [0.717, 1.165) is 19.4 Å². The molecule has 2 atom stereocenters. The van der Waals surface area contributed by atoms with E-state index < -0.39 is 17.3 Å². The number of piperidine rings is 1. The van der Waals surface area contributed by atoms with Gasteiger partial charge in [0.25, 0.3) is 5.56 Å². The van der Waals surface area contributed by atoms with Crippen LogP contribution in [0.25, 0.3) is 0 Å². The first-order valence-corrected chi connectivity index (χ1v) is 10.7. The van der Waals surface area contributed by atoms with Crippen molar-refractivity contribution in [1.29, 1.82) is 0 Å². The van der Waals surface area contributed by atoms with Crippen molar-refractivity contribution < 1.29 is 8.78 Å². The Morgan fingerprint density at radius 1 is 1.24 bits per heavy atom. The van der Waals surface area contributed by atoms with Gasteiger partial charge in [0.2, 0.25) is 0 Å². The van der Waals surface area contributed by atoms with Crippen LogP contribution in [0.1, 0.15) is 56.3 Å². The van der Waals surface area contributed by atoms with Crippen LogP contribution in [0.15, 0.2) is 32.4 Å². The van der Waals surface area contributed by atoms with Crippen LogP contribution >= 0.6 is 15.9 Å². The number of aromatic nitrogens is 2. The predicted molar refractivity (Wildman–Crippen MR) is 112 cm³/mol. The third-order valence-corrected chi connectivity index (χ3v) is 6.14. The third-order valence-electron chi connectivity index (χ3n) is 5.53. The van der Waals surface area contributed by atoms with Gasteiger partial charge in [0.15, 0.2) is 11.6 Å². The minimum absolute atomic E-state index is 0.105. The number of hydrogen-bond acceptors (Lipinski definition) is 3. The average Bonchev–Trinajstić information content (AvgIpc) is 2.67. The lowest BCUT2D eigenvalue weighted by Gasteiger charge is -2.40. The lowest BCUT2D eigenvalue weighted by molar-refractivity contribution is 0.107. The van der Waals surface area contributed by atoms with Gasteiger partial charge in [-0.15, -0.1) is 0 Å². The fourth-order valence-electron chi connectivity index (χ4n) is 4.07. The highest BCUT2D eigenvalue weighted by Gasteiger charge is 2.31. The van der Waals surface area contributed by atoms with E-state index >= 15 is 0 Å². The van der Waals surface area contributed by atoms with E-state index in [4.69, 9.17) is 0 Å². The van der Waals surface area contributed by atoms with E-state index in [1.54, 1.807) is 23.8 Å². The topological polar surface area (TPSA) is 58.1 Å². The standard InChI is InChI=1S/C21H26BrF2N3O2/c1-12(2)9-17(15-6-7-16(22)19(24)18(15)23)26-8-4-5-14(11-26)27-10-13(3)20(28)25-21(27)29/h6-7,10,12,14,17H,4-5,8-9,11H2,1-3H3,(H,25,28,29)/t14-,17?/m0/s1. The van der Waals surface area contributed by atoms with Crippen molar-refractivity contribution in [3.63, 3.8) is 0 Å². The molecule has 1 fully saturated rings. The van der Waals surface area contributed by atoms with Crippen molar-refractivity contribution in [2.24, 2.45) is 5.92 Å². The summed E-state index contributed by atoms with van der Waals surface area (Å²) in [5, 5.41) is 0. The highest BCUT2D eigenvalue weighted by Crippen LogP contribution is 2.36. The van der Waals surface area contributed by atoms with E-state index in [0.29, 0.717) is 24.1 Å². The summed E-state index contributed by atoms with van der Waals surface area (Å²) in [6.07, 6.45) is 3.87. The van der Waals surface area contributed by atoms with Gasteiger partial charge < -0.3 is 0 Å². The second-order valence-corrected chi connectivity index (χ2v) is 9.03. The molecule has 0 bridgehead atoms. The van der Waals surface area contributed by atoms with E-state index in [1.165, 1.54) is 6.07 Å². The maximum atomic E-state index is 14.8. The van der Waals surface area contributed by atoms with Gasteiger partial charge in [0, 0.05) is 29.9 Å².